The Morgan fingerprint density at radius 3 is 1.69 bits per heavy atom. The van der Waals surface area contributed by atoms with Crippen LogP contribution in [0.25, 0.3) is 10.8 Å². The Morgan fingerprint density at radius 1 is 0.692 bits per heavy atom. The van der Waals surface area contributed by atoms with Crippen LogP contribution >= 0.6 is 7.14 Å². The van der Waals surface area contributed by atoms with Gasteiger partial charge in [0.15, 0.2) is 7.14 Å². The maximum atomic E-state index is 14.6. The fraction of sp³-hybridized carbons (Fsp3) is 0.0455. The molecule has 0 aliphatic carbocycles. The van der Waals surface area contributed by atoms with Crippen LogP contribution in [0.1, 0.15) is 5.76 Å². The van der Waals surface area contributed by atoms with Gasteiger partial charge in [0.1, 0.15) is 5.76 Å². The zero-order valence-corrected chi connectivity index (χ0v) is 15.1. The molecule has 128 valence electrons. The number of fused-ring (bicyclic) bond motifs is 1. The lowest BCUT2D eigenvalue weighted by Crippen LogP contribution is -2.28. The smallest absolute Gasteiger partial charge is 0.343 e. The predicted octanol–water partition coefficient (Wildman–Crippen LogP) is 3.74. The lowest BCUT2D eigenvalue weighted by molar-refractivity contribution is 0.492. The van der Waals surface area contributed by atoms with E-state index in [0.717, 1.165) is 0 Å². The van der Waals surface area contributed by atoms with Gasteiger partial charge in [-0.3, -0.25) is 0 Å². The van der Waals surface area contributed by atoms with Crippen molar-refractivity contribution in [2.24, 2.45) is 0 Å². The van der Waals surface area contributed by atoms with E-state index in [1.54, 1.807) is 19.1 Å². The summed E-state index contributed by atoms with van der Waals surface area (Å²) in [6.45, 7) is 1.71. The summed E-state index contributed by atoms with van der Waals surface area (Å²) in [6.07, 6.45) is 0. The van der Waals surface area contributed by atoms with E-state index in [-0.39, 0.29) is 0 Å². The fourth-order valence-corrected chi connectivity index (χ4v) is 6.40. The van der Waals surface area contributed by atoms with E-state index < -0.39 is 12.8 Å². The molecular weight excluding hydrogens is 343 g/mol. The van der Waals surface area contributed by atoms with E-state index in [1.165, 1.54) is 0 Å². The van der Waals surface area contributed by atoms with Gasteiger partial charge >= 0.3 is 5.63 Å². The van der Waals surface area contributed by atoms with E-state index >= 15 is 0 Å². The van der Waals surface area contributed by atoms with E-state index in [2.05, 4.69) is 0 Å². The first-order chi connectivity index (χ1) is 12.6. The number of rotatable bonds is 3. The van der Waals surface area contributed by atoms with Crippen LogP contribution in [0.2, 0.25) is 0 Å². The van der Waals surface area contributed by atoms with E-state index in [4.69, 9.17) is 4.42 Å². The summed E-state index contributed by atoms with van der Waals surface area (Å²) in [7, 11) is -3.21. The number of benzene rings is 3. The van der Waals surface area contributed by atoms with Crippen LogP contribution in [0.5, 0.6) is 0 Å². The third-order valence-electron chi connectivity index (χ3n) is 4.54. The molecule has 0 atom stereocenters. The van der Waals surface area contributed by atoms with Crippen LogP contribution < -0.4 is 21.5 Å². The van der Waals surface area contributed by atoms with Crippen molar-refractivity contribution in [3.63, 3.8) is 0 Å². The van der Waals surface area contributed by atoms with E-state index in [1.807, 2.05) is 72.8 Å². The Labute approximate surface area is 151 Å². The van der Waals surface area contributed by atoms with E-state index in [0.29, 0.717) is 32.4 Å². The van der Waals surface area contributed by atoms with Crippen molar-refractivity contribution in [2.45, 2.75) is 6.92 Å². The number of aryl methyl sites for hydroxylation is 1. The molecule has 26 heavy (non-hydrogen) atoms. The van der Waals surface area contributed by atoms with Crippen molar-refractivity contribution in [1.29, 1.82) is 0 Å². The standard InChI is InChI=1S/C22H17O3P/c1-16-21(19-14-8-9-15-20(19)22(23)25-16)26(24,17-10-4-2-5-11-17)18-12-6-3-7-13-18/h2-15H,1H3. The third-order valence-corrected chi connectivity index (χ3v) is 7.77. The molecule has 0 amide bonds. The number of hydrogen-bond acceptors (Lipinski definition) is 3. The van der Waals surface area contributed by atoms with Crippen molar-refractivity contribution in [2.75, 3.05) is 0 Å². The lowest BCUT2D eigenvalue weighted by Gasteiger charge is -2.22. The summed E-state index contributed by atoms with van der Waals surface area (Å²) in [5.41, 5.74) is -0.408. The summed E-state index contributed by atoms with van der Waals surface area (Å²) in [4.78, 5) is 12.3. The molecule has 0 radical (unpaired) electrons. The second kappa shape index (κ2) is 6.44. The molecule has 0 bridgehead atoms. The highest BCUT2D eigenvalue weighted by Gasteiger charge is 2.34. The summed E-state index contributed by atoms with van der Waals surface area (Å²) in [6, 6.07) is 26.0. The fourth-order valence-electron chi connectivity index (χ4n) is 3.37. The second-order valence-electron chi connectivity index (χ2n) is 6.12. The van der Waals surface area contributed by atoms with Crippen molar-refractivity contribution >= 4 is 33.8 Å². The largest absolute Gasteiger partial charge is 0.427 e. The molecule has 4 heteroatoms. The molecule has 0 N–H and O–H groups in total. The van der Waals surface area contributed by atoms with Crippen LogP contribution in [0.3, 0.4) is 0 Å². The topological polar surface area (TPSA) is 47.3 Å². The van der Waals surface area contributed by atoms with Gasteiger partial charge < -0.3 is 8.98 Å². The van der Waals surface area contributed by atoms with Crippen LogP contribution in [0.4, 0.5) is 0 Å². The zero-order valence-electron chi connectivity index (χ0n) is 14.3. The van der Waals surface area contributed by atoms with Gasteiger partial charge in [-0.15, -0.1) is 0 Å². The Balaban J connectivity index is 2.18. The lowest BCUT2D eigenvalue weighted by atomic mass is 10.2. The second-order valence-corrected chi connectivity index (χ2v) is 8.82. The minimum atomic E-state index is -3.21. The quantitative estimate of drug-likeness (QED) is 0.523. The SMILES string of the molecule is Cc1oc(=O)c2ccccc2c1P(=O)(c1ccccc1)c1ccccc1. The average molecular weight is 360 g/mol. The van der Waals surface area contributed by atoms with Gasteiger partial charge in [0, 0.05) is 16.0 Å². The van der Waals surface area contributed by atoms with Gasteiger partial charge in [0.2, 0.25) is 0 Å². The summed E-state index contributed by atoms with van der Waals surface area (Å²) >= 11 is 0. The molecule has 4 rings (SSSR count). The number of hydrogen-bond donors (Lipinski definition) is 0. The van der Waals surface area contributed by atoms with Crippen LogP contribution in [0.15, 0.2) is 94.1 Å². The molecule has 0 aliphatic rings. The first kappa shape index (κ1) is 16.6. The van der Waals surface area contributed by atoms with Gasteiger partial charge in [-0.25, -0.2) is 4.79 Å². The third kappa shape index (κ3) is 2.53. The molecule has 4 aromatic rings. The molecular formula is C22H17O3P. The highest BCUT2D eigenvalue weighted by molar-refractivity contribution is 7.85. The van der Waals surface area contributed by atoms with Gasteiger partial charge in [0.05, 0.1) is 10.7 Å². The Hall–Kier alpha value is -2.90. The van der Waals surface area contributed by atoms with Crippen molar-refractivity contribution in [3.8, 4) is 0 Å². The first-order valence-corrected chi connectivity index (χ1v) is 10.1. The minimum absolute atomic E-state index is 0.393. The van der Waals surface area contributed by atoms with Gasteiger partial charge in [-0.2, -0.15) is 0 Å². The highest BCUT2D eigenvalue weighted by Crippen LogP contribution is 2.44. The van der Waals surface area contributed by atoms with Gasteiger partial charge in [-0.05, 0) is 13.0 Å². The molecule has 1 heterocycles. The first-order valence-electron chi connectivity index (χ1n) is 8.36. The van der Waals surface area contributed by atoms with Crippen molar-refractivity contribution in [3.05, 3.63) is 101 Å². The molecule has 0 saturated heterocycles. The van der Waals surface area contributed by atoms with Crippen LogP contribution in [-0.4, -0.2) is 0 Å². The Kier molecular flexibility index (Phi) is 4.10. The summed E-state index contributed by atoms with van der Waals surface area (Å²) in [5.74, 6) is 0.393. The minimum Gasteiger partial charge on any atom is -0.427 e. The summed E-state index contributed by atoms with van der Waals surface area (Å²) < 4.78 is 20.1. The van der Waals surface area contributed by atoms with Crippen LogP contribution in [0, 0.1) is 6.92 Å². The molecule has 0 fully saturated rings. The maximum absolute atomic E-state index is 14.6. The summed E-state index contributed by atoms with van der Waals surface area (Å²) in [5, 5.41) is 3.14. The Bertz CT molecular complexity index is 1130. The van der Waals surface area contributed by atoms with Crippen molar-refractivity contribution in [1.82, 2.24) is 0 Å². The molecule has 0 saturated carbocycles. The van der Waals surface area contributed by atoms with Gasteiger partial charge in [0.25, 0.3) is 0 Å². The van der Waals surface area contributed by atoms with Crippen molar-refractivity contribution < 1.29 is 8.98 Å². The molecule has 1 aromatic heterocycles. The van der Waals surface area contributed by atoms with E-state index in [9.17, 15) is 9.36 Å². The molecule has 3 aromatic carbocycles. The monoisotopic (exact) mass is 360 g/mol. The highest BCUT2D eigenvalue weighted by atomic mass is 31.2. The molecule has 0 spiro atoms. The zero-order chi connectivity index (χ0) is 18.1. The normalized spacial score (nSPS) is 11.6. The molecule has 0 unspecified atom stereocenters. The Morgan fingerprint density at radius 2 is 1.15 bits per heavy atom. The molecule has 0 aliphatic heterocycles. The molecule has 3 nitrogen and oxygen atoms in total. The average Bonchev–Trinajstić information content (AvgIpc) is 2.69. The van der Waals surface area contributed by atoms with Gasteiger partial charge in [-0.1, -0.05) is 78.9 Å². The predicted molar refractivity (Wildman–Crippen MR) is 107 cm³/mol. The van der Waals surface area contributed by atoms with Crippen LogP contribution in [-0.2, 0) is 4.57 Å². The maximum Gasteiger partial charge on any atom is 0.343 e.